The Morgan fingerprint density at radius 2 is 2.25 bits per heavy atom. The van der Waals surface area contributed by atoms with Crippen LogP contribution in [0.15, 0.2) is 23.6 Å². The van der Waals surface area contributed by atoms with Crippen LogP contribution in [0.4, 0.5) is 9.52 Å². The number of rotatable bonds is 6. The summed E-state index contributed by atoms with van der Waals surface area (Å²) in [6.45, 7) is 2.82. The number of aromatic nitrogens is 1. The highest BCUT2D eigenvalue weighted by atomic mass is 32.1. The number of aryl methyl sites for hydroxylation is 2. The Labute approximate surface area is 120 Å². The summed E-state index contributed by atoms with van der Waals surface area (Å²) in [5.41, 5.74) is 1.38. The molecule has 6 heteroatoms. The van der Waals surface area contributed by atoms with E-state index in [1.54, 1.807) is 0 Å². The third-order valence-corrected chi connectivity index (χ3v) is 3.68. The van der Waals surface area contributed by atoms with E-state index in [0.717, 1.165) is 23.4 Å². The Morgan fingerprint density at radius 3 is 2.90 bits per heavy atom. The number of hydrogen-bond acceptors (Lipinski definition) is 4. The fraction of sp³-hybridized carbons (Fsp3) is 0.286. The Morgan fingerprint density at radius 1 is 1.45 bits per heavy atom. The summed E-state index contributed by atoms with van der Waals surface area (Å²) < 4.78 is 13.7. The van der Waals surface area contributed by atoms with Crippen molar-refractivity contribution in [1.82, 2.24) is 4.98 Å². The lowest BCUT2D eigenvalue weighted by Gasteiger charge is -2.03. The maximum absolute atomic E-state index is 13.7. The first-order chi connectivity index (χ1) is 9.60. The van der Waals surface area contributed by atoms with Crippen LogP contribution in [0.25, 0.3) is 0 Å². The second-order valence-corrected chi connectivity index (χ2v) is 5.14. The molecule has 2 N–H and O–H groups in total. The molecule has 0 unspecified atom stereocenters. The van der Waals surface area contributed by atoms with E-state index in [4.69, 9.17) is 5.11 Å². The van der Waals surface area contributed by atoms with Gasteiger partial charge in [0.25, 0.3) is 0 Å². The zero-order valence-corrected chi connectivity index (χ0v) is 11.8. The Balaban J connectivity index is 2.01. The predicted molar refractivity (Wildman–Crippen MR) is 77.0 cm³/mol. The molecule has 0 radical (unpaired) electrons. The second-order valence-electron chi connectivity index (χ2n) is 4.29. The number of carboxylic acid groups (broad SMARTS) is 1. The van der Waals surface area contributed by atoms with Crippen LogP contribution >= 0.6 is 11.3 Å². The van der Waals surface area contributed by atoms with Gasteiger partial charge in [0.05, 0.1) is 11.3 Å². The first-order valence-electron chi connectivity index (χ1n) is 6.30. The molecule has 1 aromatic heterocycles. The zero-order chi connectivity index (χ0) is 14.5. The van der Waals surface area contributed by atoms with E-state index in [1.165, 1.54) is 23.5 Å². The molecule has 2 aromatic rings. The van der Waals surface area contributed by atoms with Gasteiger partial charge in [0.1, 0.15) is 5.82 Å². The largest absolute Gasteiger partial charge is 0.478 e. The molecule has 106 valence electrons. The van der Waals surface area contributed by atoms with Crippen molar-refractivity contribution in [1.29, 1.82) is 0 Å². The smallest absolute Gasteiger partial charge is 0.335 e. The van der Waals surface area contributed by atoms with Gasteiger partial charge in [0, 0.05) is 11.9 Å². The molecule has 2 rings (SSSR count). The molecule has 0 aliphatic heterocycles. The standard InChI is InChI=1S/C14H15FN2O2S/c1-2-16-14-17-11(8-20-14)6-5-9-3-4-10(13(18)19)7-12(9)15/h3-4,7-8H,2,5-6H2,1H3,(H,16,17)(H,18,19). The number of nitrogens with one attached hydrogen (secondary N) is 1. The minimum absolute atomic E-state index is 0.0330. The highest BCUT2D eigenvalue weighted by Gasteiger charge is 2.09. The van der Waals surface area contributed by atoms with Gasteiger partial charge in [-0.15, -0.1) is 11.3 Å². The summed E-state index contributed by atoms with van der Waals surface area (Å²) in [7, 11) is 0. The van der Waals surface area contributed by atoms with Gasteiger partial charge in [-0.1, -0.05) is 6.07 Å². The van der Waals surface area contributed by atoms with Gasteiger partial charge < -0.3 is 10.4 Å². The van der Waals surface area contributed by atoms with Crippen LogP contribution in [-0.4, -0.2) is 22.6 Å². The van der Waals surface area contributed by atoms with E-state index < -0.39 is 11.8 Å². The lowest BCUT2D eigenvalue weighted by Crippen LogP contribution is -2.01. The minimum atomic E-state index is -1.12. The average molecular weight is 294 g/mol. The number of aromatic carboxylic acids is 1. The highest BCUT2D eigenvalue weighted by Crippen LogP contribution is 2.18. The molecule has 1 aromatic carbocycles. The molecule has 0 saturated carbocycles. The van der Waals surface area contributed by atoms with Gasteiger partial charge in [0.15, 0.2) is 5.13 Å². The molecule has 1 heterocycles. The minimum Gasteiger partial charge on any atom is -0.478 e. The fourth-order valence-corrected chi connectivity index (χ4v) is 2.62. The van der Waals surface area contributed by atoms with E-state index in [9.17, 15) is 9.18 Å². The number of hydrogen-bond donors (Lipinski definition) is 2. The molecule has 20 heavy (non-hydrogen) atoms. The average Bonchev–Trinajstić information content (AvgIpc) is 2.85. The van der Waals surface area contributed by atoms with Crippen LogP contribution in [0.2, 0.25) is 0 Å². The Hall–Kier alpha value is -1.95. The number of nitrogens with zero attached hydrogens (tertiary/aromatic N) is 1. The van der Waals surface area contributed by atoms with Crippen LogP contribution in [0.5, 0.6) is 0 Å². The summed E-state index contributed by atoms with van der Waals surface area (Å²) in [6.07, 6.45) is 1.13. The van der Waals surface area contributed by atoms with Crippen molar-refractivity contribution < 1.29 is 14.3 Å². The Bertz CT molecular complexity index is 613. The third kappa shape index (κ3) is 3.54. The topological polar surface area (TPSA) is 62.2 Å². The predicted octanol–water partition coefficient (Wildman–Crippen LogP) is 3.20. The molecule has 4 nitrogen and oxygen atoms in total. The van der Waals surface area contributed by atoms with E-state index in [-0.39, 0.29) is 5.56 Å². The molecule has 0 saturated heterocycles. The van der Waals surface area contributed by atoms with Crippen molar-refractivity contribution in [2.75, 3.05) is 11.9 Å². The summed E-state index contributed by atoms with van der Waals surface area (Å²) in [6, 6.07) is 4.00. The number of anilines is 1. The van der Waals surface area contributed by atoms with E-state index in [1.807, 2.05) is 12.3 Å². The van der Waals surface area contributed by atoms with Crippen LogP contribution in [-0.2, 0) is 12.8 Å². The SMILES string of the molecule is CCNc1nc(CCc2ccc(C(=O)O)cc2F)cs1. The van der Waals surface area contributed by atoms with Gasteiger partial charge in [-0.3, -0.25) is 0 Å². The molecular formula is C14H15FN2O2S. The van der Waals surface area contributed by atoms with Crippen molar-refractivity contribution in [3.05, 3.63) is 46.2 Å². The number of carboxylic acids is 1. The quantitative estimate of drug-likeness (QED) is 0.859. The number of thiazole rings is 1. The lowest BCUT2D eigenvalue weighted by atomic mass is 10.1. The number of halogens is 1. The first kappa shape index (κ1) is 14.5. The van der Waals surface area contributed by atoms with E-state index in [2.05, 4.69) is 10.3 Å². The highest BCUT2D eigenvalue weighted by molar-refractivity contribution is 7.13. The van der Waals surface area contributed by atoms with Crippen molar-refractivity contribution in [3.8, 4) is 0 Å². The number of carbonyl (C=O) groups is 1. The Kier molecular flexibility index (Phi) is 4.68. The summed E-state index contributed by atoms with van der Waals surface area (Å²) in [5, 5.41) is 14.7. The normalized spacial score (nSPS) is 10.5. The van der Waals surface area contributed by atoms with Crippen molar-refractivity contribution in [2.24, 2.45) is 0 Å². The molecule has 0 bridgehead atoms. The molecule has 0 aliphatic carbocycles. The number of benzene rings is 1. The lowest BCUT2D eigenvalue weighted by molar-refractivity contribution is 0.0696. The van der Waals surface area contributed by atoms with Gasteiger partial charge >= 0.3 is 5.97 Å². The molecule has 0 aliphatic rings. The monoisotopic (exact) mass is 294 g/mol. The van der Waals surface area contributed by atoms with Crippen LogP contribution < -0.4 is 5.32 Å². The van der Waals surface area contributed by atoms with Crippen LogP contribution in [0, 0.1) is 5.82 Å². The summed E-state index contributed by atoms with van der Waals surface area (Å²) >= 11 is 1.53. The first-order valence-corrected chi connectivity index (χ1v) is 7.18. The maximum atomic E-state index is 13.7. The van der Waals surface area contributed by atoms with E-state index in [0.29, 0.717) is 18.4 Å². The molecule has 0 amide bonds. The molecule has 0 fully saturated rings. The van der Waals surface area contributed by atoms with Gasteiger partial charge in [-0.2, -0.15) is 0 Å². The van der Waals surface area contributed by atoms with Crippen LogP contribution in [0.3, 0.4) is 0 Å². The molecule has 0 spiro atoms. The maximum Gasteiger partial charge on any atom is 0.335 e. The van der Waals surface area contributed by atoms with Gasteiger partial charge in [0.2, 0.25) is 0 Å². The fourth-order valence-electron chi connectivity index (χ4n) is 1.80. The molecule has 0 atom stereocenters. The van der Waals surface area contributed by atoms with Crippen LogP contribution in [0.1, 0.15) is 28.5 Å². The van der Waals surface area contributed by atoms with Crippen molar-refractivity contribution >= 4 is 22.4 Å². The zero-order valence-electron chi connectivity index (χ0n) is 11.0. The second kappa shape index (κ2) is 6.47. The van der Waals surface area contributed by atoms with Crippen molar-refractivity contribution in [3.63, 3.8) is 0 Å². The van der Waals surface area contributed by atoms with Gasteiger partial charge in [-0.05, 0) is 37.5 Å². The molecular weight excluding hydrogens is 279 g/mol. The van der Waals surface area contributed by atoms with Gasteiger partial charge in [-0.25, -0.2) is 14.2 Å². The van der Waals surface area contributed by atoms with Crippen molar-refractivity contribution in [2.45, 2.75) is 19.8 Å². The third-order valence-electron chi connectivity index (χ3n) is 2.83. The summed E-state index contributed by atoms with van der Waals surface area (Å²) in [4.78, 5) is 15.1. The summed E-state index contributed by atoms with van der Waals surface area (Å²) in [5.74, 6) is -1.60. The van der Waals surface area contributed by atoms with E-state index >= 15 is 0 Å².